The number of methoxy groups -OCH3 is 1. The monoisotopic (exact) mass is 484 g/mol. The van der Waals surface area contributed by atoms with Crippen LogP contribution in [0.2, 0.25) is 0 Å². The van der Waals surface area contributed by atoms with Crippen molar-refractivity contribution in [3.8, 4) is 16.9 Å². The van der Waals surface area contributed by atoms with Gasteiger partial charge in [-0.1, -0.05) is 76.4 Å². The minimum absolute atomic E-state index is 0.0701. The molecule has 190 valence electrons. The van der Waals surface area contributed by atoms with Gasteiger partial charge in [-0.15, -0.1) is 0 Å². The number of fused-ring (bicyclic) bond motifs is 1. The molecule has 0 radical (unpaired) electrons. The molecule has 4 heteroatoms. The third-order valence-corrected chi connectivity index (χ3v) is 8.17. The summed E-state index contributed by atoms with van der Waals surface area (Å²) >= 11 is 0. The van der Waals surface area contributed by atoms with Crippen molar-refractivity contribution >= 4 is 6.08 Å². The molecule has 1 fully saturated rings. The lowest BCUT2D eigenvalue weighted by Gasteiger charge is -2.29. The summed E-state index contributed by atoms with van der Waals surface area (Å²) in [5.74, 6) is -1.12. The van der Waals surface area contributed by atoms with Crippen molar-refractivity contribution in [2.75, 3.05) is 7.11 Å². The molecule has 2 aliphatic carbocycles. The normalized spacial score (nSPS) is 19.9. The number of rotatable bonds is 10. The molecule has 35 heavy (non-hydrogen) atoms. The van der Waals surface area contributed by atoms with E-state index in [1.807, 2.05) is 0 Å². The number of unbranched alkanes of at least 4 members (excludes halogenated alkanes) is 3. The number of hydrogen-bond acceptors (Lipinski definition) is 1. The fraction of sp³-hybridized carbons (Fsp3) is 0.548. The van der Waals surface area contributed by atoms with E-state index in [9.17, 15) is 13.2 Å². The van der Waals surface area contributed by atoms with E-state index < -0.39 is 17.5 Å². The van der Waals surface area contributed by atoms with Gasteiger partial charge in [0.05, 0.1) is 7.11 Å². The SMILES string of the molecule is CCCCCCC1CCC(CCC2=Cc3cc(F)c(-c4ccc(OC)c(F)c4F)cc3CC2)CC1. The second-order valence-electron chi connectivity index (χ2n) is 10.6. The molecule has 2 aliphatic rings. The van der Waals surface area contributed by atoms with Crippen LogP contribution in [-0.2, 0) is 6.42 Å². The molecule has 1 saturated carbocycles. The van der Waals surface area contributed by atoms with Crippen LogP contribution in [-0.4, -0.2) is 7.11 Å². The first-order chi connectivity index (χ1) is 17.0. The average Bonchev–Trinajstić information content (AvgIpc) is 2.87. The molecule has 0 atom stereocenters. The first kappa shape index (κ1) is 25.9. The van der Waals surface area contributed by atoms with Gasteiger partial charge in [0.1, 0.15) is 5.82 Å². The predicted octanol–water partition coefficient (Wildman–Crippen LogP) is 9.67. The molecule has 0 heterocycles. The van der Waals surface area contributed by atoms with Gasteiger partial charge >= 0.3 is 0 Å². The summed E-state index contributed by atoms with van der Waals surface area (Å²) < 4.78 is 48.6. The highest BCUT2D eigenvalue weighted by atomic mass is 19.2. The molecule has 0 N–H and O–H groups in total. The lowest BCUT2D eigenvalue weighted by molar-refractivity contribution is 0.248. The topological polar surface area (TPSA) is 9.23 Å². The van der Waals surface area contributed by atoms with Crippen molar-refractivity contribution in [3.05, 3.63) is 58.4 Å². The summed E-state index contributed by atoms with van der Waals surface area (Å²) in [6, 6.07) is 5.88. The number of ether oxygens (including phenoxy) is 1. The van der Waals surface area contributed by atoms with Crippen LogP contribution in [0.3, 0.4) is 0 Å². The predicted molar refractivity (Wildman–Crippen MR) is 138 cm³/mol. The minimum atomic E-state index is -1.09. The van der Waals surface area contributed by atoms with Crippen LogP contribution in [0.25, 0.3) is 17.2 Å². The van der Waals surface area contributed by atoms with Gasteiger partial charge < -0.3 is 4.74 Å². The van der Waals surface area contributed by atoms with E-state index in [1.54, 1.807) is 6.07 Å². The van der Waals surface area contributed by atoms with Crippen molar-refractivity contribution < 1.29 is 17.9 Å². The van der Waals surface area contributed by atoms with Crippen LogP contribution in [0.5, 0.6) is 5.75 Å². The second kappa shape index (κ2) is 12.1. The van der Waals surface area contributed by atoms with E-state index in [-0.39, 0.29) is 16.9 Å². The van der Waals surface area contributed by atoms with Crippen LogP contribution in [0.15, 0.2) is 29.8 Å². The van der Waals surface area contributed by atoms with Gasteiger partial charge in [0.2, 0.25) is 5.82 Å². The number of allylic oxidation sites excluding steroid dienone is 1. The lowest BCUT2D eigenvalue weighted by Crippen LogP contribution is -2.15. The Morgan fingerprint density at radius 3 is 2.29 bits per heavy atom. The molecule has 2 aromatic rings. The fourth-order valence-electron chi connectivity index (χ4n) is 5.93. The number of benzene rings is 2. The highest BCUT2D eigenvalue weighted by Crippen LogP contribution is 2.38. The Balaban J connectivity index is 1.35. The van der Waals surface area contributed by atoms with Gasteiger partial charge in [-0.05, 0) is 72.9 Å². The standard InChI is InChI=1S/C31H39F3O/c1-3-4-5-6-7-21-8-10-22(11-9-21)12-13-23-14-15-24-19-27(28(32)20-25(24)18-23)26-16-17-29(35-2)31(34)30(26)33/h16-22H,3-15H2,1-2H3. The Morgan fingerprint density at radius 1 is 0.829 bits per heavy atom. The van der Waals surface area contributed by atoms with Crippen molar-refractivity contribution in [2.45, 2.75) is 90.4 Å². The van der Waals surface area contributed by atoms with Crippen LogP contribution in [0.4, 0.5) is 13.2 Å². The first-order valence-electron chi connectivity index (χ1n) is 13.5. The van der Waals surface area contributed by atoms with Gasteiger partial charge in [-0.3, -0.25) is 0 Å². The largest absolute Gasteiger partial charge is 0.494 e. The maximum Gasteiger partial charge on any atom is 0.201 e. The zero-order valence-corrected chi connectivity index (χ0v) is 21.3. The van der Waals surface area contributed by atoms with Crippen molar-refractivity contribution in [1.29, 1.82) is 0 Å². The number of halogens is 3. The van der Waals surface area contributed by atoms with Crippen molar-refractivity contribution in [1.82, 2.24) is 0 Å². The molecule has 4 rings (SSSR count). The Hall–Kier alpha value is -2.23. The van der Waals surface area contributed by atoms with Crippen LogP contribution >= 0.6 is 0 Å². The maximum atomic E-state index is 15.0. The van der Waals surface area contributed by atoms with Crippen LogP contribution in [0.1, 0.15) is 95.1 Å². The molecule has 0 aromatic heterocycles. The number of hydrogen-bond donors (Lipinski definition) is 0. The zero-order valence-electron chi connectivity index (χ0n) is 21.3. The molecular weight excluding hydrogens is 445 g/mol. The summed E-state index contributed by atoms with van der Waals surface area (Å²) in [6.07, 6.45) is 18.5. The van der Waals surface area contributed by atoms with E-state index in [4.69, 9.17) is 4.74 Å². The van der Waals surface area contributed by atoms with Crippen molar-refractivity contribution in [2.24, 2.45) is 11.8 Å². The molecule has 0 aliphatic heterocycles. The van der Waals surface area contributed by atoms with Crippen LogP contribution < -0.4 is 4.74 Å². The molecule has 0 spiro atoms. The lowest BCUT2D eigenvalue weighted by atomic mass is 9.77. The van der Waals surface area contributed by atoms with Gasteiger partial charge in [-0.2, -0.15) is 4.39 Å². The van der Waals surface area contributed by atoms with Crippen LogP contribution in [0, 0.1) is 29.3 Å². The maximum absolute atomic E-state index is 15.0. The van der Waals surface area contributed by atoms with E-state index in [1.165, 1.54) is 95.1 Å². The van der Waals surface area contributed by atoms with Gasteiger partial charge in [-0.25, -0.2) is 8.78 Å². The summed E-state index contributed by atoms with van der Waals surface area (Å²) in [5.41, 5.74) is 3.28. The molecule has 0 unspecified atom stereocenters. The van der Waals surface area contributed by atoms with Gasteiger partial charge in [0, 0.05) is 11.1 Å². The molecule has 0 saturated heterocycles. The molecular formula is C31H39F3O. The average molecular weight is 485 g/mol. The first-order valence-corrected chi connectivity index (χ1v) is 13.5. The van der Waals surface area contributed by atoms with Gasteiger partial charge in [0.15, 0.2) is 11.6 Å². The Kier molecular flexibility index (Phi) is 8.97. The summed E-state index contributed by atoms with van der Waals surface area (Å²) in [6.45, 7) is 2.27. The summed E-state index contributed by atoms with van der Waals surface area (Å²) in [5, 5.41) is 0. The van der Waals surface area contributed by atoms with E-state index in [2.05, 4.69) is 13.0 Å². The molecule has 0 bridgehead atoms. The third kappa shape index (κ3) is 6.32. The molecule has 2 aromatic carbocycles. The van der Waals surface area contributed by atoms with Gasteiger partial charge in [0.25, 0.3) is 0 Å². The Bertz CT molecular complexity index is 1030. The summed E-state index contributed by atoms with van der Waals surface area (Å²) in [4.78, 5) is 0. The summed E-state index contributed by atoms with van der Waals surface area (Å²) in [7, 11) is 1.28. The highest BCUT2D eigenvalue weighted by molar-refractivity contribution is 5.71. The van der Waals surface area contributed by atoms with Crippen molar-refractivity contribution in [3.63, 3.8) is 0 Å². The minimum Gasteiger partial charge on any atom is -0.494 e. The van der Waals surface area contributed by atoms with E-state index >= 15 is 0 Å². The molecule has 0 amide bonds. The fourth-order valence-corrected chi connectivity index (χ4v) is 5.93. The quantitative estimate of drug-likeness (QED) is 0.305. The Labute approximate surface area is 208 Å². The zero-order chi connectivity index (χ0) is 24.8. The third-order valence-electron chi connectivity index (χ3n) is 8.17. The van der Waals surface area contributed by atoms with E-state index in [0.29, 0.717) is 0 Å². The Morgan fingerprint density at radius 2 is 1.57 bits per heavy atom. The second-order valence-corrected chi connectivity index (χ2v) is 10.6. The highest BCUT2D eigenvalue weighted by Gasteiger charge is 2.23. The number of aryl methyl sites for hydroxylation is 1. The van der Waals surface area contributed by atoms with E-state index in [0.717, 1.165) is 42.2 Å². The smallest absolute Gasteiger partial charge is 0.201 e. The molecule has 1 nitrogen and oxygen atoms in total.